The van der Waals surface area contributed by atoms with Gasteiger partial charge >= 0.3 is 0 Å². The standard InChI is InChI=1S/C17H27N5/c1-4-5-8-16-18-10-14(20-16)12-22-9-6-7-15(22)17-19-13(2)11-21(17)3/h10-11,15H,4-9,12H2,1-3H3,(H,18,20)/t15-/m1/s1. The molecule has 0 radical (unpaired) electrons. The molecule has 1 N–H and O–H groups in total. The van der Waals surface area contributed by atoms with Crippen LogP contribution in [0.15, 0.2) is 12.4 Å². The average Bonchev–Trinajstić information content (AvgIpc) is 3.18. The highest BCUT2D eigenvalue weighted by Gasteiger charge is 2.29. The van der Waals surface area contributed by atoms with Gasteiger partial charge in [-0.15, -0.1) is 0 Å². The van der Waals surface area contributed by atoms with Crippen molar-refractivity contribution in [2.75, 3.05) is 6.54 Å². The summed E-state index contributed by atoms with van der Waals surface area (Å²) in [4.78, 5) is 15.3. The van der Waals surface area contributed by atoms with Gasteiger partial charge in [-0.1, -0.05) is 13.3 Å². The van der Waals surface area contributed by atoms with Crippen molar-refractivity contribution in [3.63, 3.8) is 0 Å². The number of hydrogen-bond donors (Lipinski definition) is 1. The van der Waals surface area contributed by atoms with Crippen LogP contribution in [0.1, 0.15) is 61.7 Å². The number of H-pyrrole nitrogens is 1. The Hall–Kier alpha value is -1.62. The summed E-state index contributed by atoms with van der Waals surface area (Å²) in [6.07, 6.45) is 10.0. The van der Waals surface area contributed by atoms with E-state index >= 15 is 0 Å². The van der Waals surface area contributed by atoms with E-state index in [9.17, 15) is 0 Å². The molecule has 1 aliphatic rings. The van der Waals surface area contributed by atoms with Crippen LogP contribution in [0.4, 0.5) is 0 Å². The monoisotopic (exact) mass is 301 g/mol. The molecule has 2 aromatic rings. The summed E-state index contributed by atoms with van der Waals surface area (Å²) in [6, 6.07) is 0.432. The number of hydrogen-bond acceptors (Lipinski definition) is 3. The van der Waals surface area contributed by atoms with Crippen LogP contribution < -0.4 is 0 Å². The van der Waals surface area contributed by atoms with Gasteiger partial charge in [0.25, 0.3) is 0 Å². The topological polar surface area (TPSA) is 49.7 Å². The van der Waals surface area contributed by atoms with Gasteiger partial charge in [0, 0.05) is 38.1 Å². The van der Waals surface area contributed by atoms with Crippen molar-refractivity contribution >= 4 is 0 Å². The highest BCUT2D eigenvalue weighted by Crippen LogP contribution is 2.32. The number of aromatic nitrogens is 4. The zero-order valence-electron chi connectivity index (χ0n) is 14.0. The molecule has 120 valence electrons. The lowest BCUT2D eigenvalue weighted by Gasteiger charge is -2.23. The Labute approximate surface area is 132 Å². The van der Waals surface area contributed by atoms with Gasteiger partial charge in [0.1, 0.15) is 11.6 Å². The Bertz CT molecular complexity index is 612. The van der Waals surface area contributed by atoms with E-state index in [-0.39, 0.29) is 0 Å². The van der Waals surface area contributed by atoms with Gasteiger partial charge in [-0.25, -0.2) is 9.97 Å². The average molecular weight is 301 g/mol. The van der Waals surface area contributed by atoms with Crippen LogP contribution in [-0.2, 0) is 20.0 Å². The first kappa shape index (κ1) is 15.3. The number of imidazole rings is 2. The fraction of sp³-hybridized carbons (Fsp3) is 0.647. The molecule has 1 fully saturated rings. The quantitative estimate of drug-likeness (QED) is 0.892. The van der Waals surface area contributed by atoms with Crippen LogP contribution in [0, 0.1) is 6.92 Å². The Morgan fingerprint density at radius 1 is 1.41 bits per heavy atom. The number of nitrogens with zero attached hydrogens (tertiary/aromatic N) is 4. The predicted molar refractivity (Wildman–Crippen MR) is 87.5 cm³/mol. The molecular formula is C17H27N5. The van der Waals surface area contributed by atoms with Crippen LogP contribution in [0.3, 0.4) is 0 Å². The first-order valence-corrected chi connectivity index (χ1v) is 8.44. The maximum absolute atomic E-state index is 4.73. The van der Waals surface area contributed by atoms with Crippen molar-refractivity contribution in [1.29, 1.82) is 0 Å². The summed E-state index contributed by atoms with van der Waals surface area (Å²) in [7, 11) is 2.10. The minimum atomic E-state index is 0.432. The SMILES string of the molecule is CCCCc1ncc(CN2CCC[C@@H]2c2nc(C)cn2C)[nH]1. The third-order valence-electron chi connectivity index (χ3n) is 4.52. The second-order valence-electron chi connectivity index (χ2n) is 6.44. The lowest BCUT2D eigenvalue weighted by molar-refractivity contribution is 0.234. The fourth-order valence-corrected chi connectivity index (χ4v) is 3.43. The minimum absolute atomic E-state index is 0.432. The maximum Gasteiger partial charge on any atom is 0.126 e. The molecule has 0 spiro atoms. The molecule has 0 aromatic carbocycles. The molecule has 0 unspecified atom stereocenters. The van der Waals surface area contributed by atoms with E-state index in [1.54, 1.807) is 0 Å². The molecule has 3 rings (SSSR count). The third kappa shape index (κ3) is 3.24. The summed E-state index contributed by atoms with van der Waals surface area (Å²) in [6.45, 7) is 6.36. The molecule has 3 heterocycles. The largest absolute Gasteiger partial charge is 0.345 e. The van der Waals surface area contributed by atoms with Gasteiger partial charge in [-0.3, -0.25) is 4.90 Å². The molecule has 22 heavy (non-hydrogen) atoms. The van der Waals surface area contributed by atoms with Crippen LogP contribution >= 0.6 is 0 Å². The maximum atomic E-state index is 4.73. The van der Waals surface area contributed by atoms with E-state index in [1.165, 1.54) is 37.2 Å². The molecule has 1 atom stereocenters. The first-order chi connectivity index (χ1) is 10.7. The van der Waals surface area contributed by atoms with Crippen molar-refractivity contribution in [2.45, 2.75) is 58.5 Å². The minimum Gasteiger partial charge on any atom is -0.345 e. The van der Waals surface area contributed by atoms with Gasteiger partial charge in [0.15, 0.2) is 0 Å². The van der Waals surface area contributed by atoms with Crippen molar-refractivity contribution in [3.05, 3.63) is 35.4 Å². The second-order valence-corrected chi connectivity index (χ2v) is 6.44. The van der Waals surface area contributed by atoms with E-state index in [1.807, 2.05) is 6.20 Å². The second kappa shape index (κ2) is 6.65. The van der Waals surface area contributed by atoms with Gasteiger partial charge in [-0.05, 0) is 32.7 Å². The highest BCUT2D eigenvalue weighted by atomic mass is 15.2. The van der Waals surface area contributed by atoms with Crippen molar-refractivity contribution in [3.8, 4) is 0 Å². The van der Waals surface area contributed by atoms with Crippen molar-refractivity contribution in [1.82, 2.24) is 24.4 Å². The van der Waals surface area contributed by atoms with Gasteiger partial charge in [-0.2, -0.15) is 0 Å². The van der Waals surface area contributed by atoms with Gasteiger partial charge in [0.2, 0.25) is 0 Å². The smallest absolute Gasteiger partial charge is 0.126 e. The van der Waals surface area contributed by atoms with Gasteiger partial charge < -0.3 is 9.55 Å². The molecule has 0 amide bonds. The van der Waals surface area contributed by atoms with Crippen LogP contribution in [-0.4, -0.2) is 31.0 Å². The van der Waals surface area contributed by atoms with E-state index in [2.05, 4.69) is 46.5 Å². The zero-order chi connectivity index (χ0) is 15.5. The number of rotatable bonds is 6. The molecule has 0 aliphatic carbocycles. The normalized spacial score (nSPS) is 19.1. The first-order valence-electron chi connectivity index (χ1n) is 8.44. The molecule has 1 aliphatic heterocycles. The van der Waals surface area contributed by atoms with Crippen LogP contribution in [0.25, 0.3) is 0 Å². The Morgan fingerprint density at radius 3 is 3.00 bits per heavy atom. The van der Waals surface area contributed by atoms with Crippen LogP contribution in [0.5, 0.6) is 0 Å². The summed E-state index contributed by atoms with van der Waals surface area (Å²) in [5.74, 6) is 2.32. The Morgan fingerprint density at radius 2 is 2.27 bits per heavy atom. The number of aryl methyl sites for hydroxylation is 3. The molecule has 0 bridgehead atoms. The van der Waals surface area contributed by atoms with E-state index in [4.69, 9.17) is 4.98 Å². The number of nitrogens with one attached hydrogen (secondary N) is 1. The van der Waals surface area contributed by atoms with E-state index in [0.29, 0.717) is 6.04 Å². The fourth-order valence-electron chi connectivity index (χ4n) is 3.43. The van der Waals surface area contributed by atoms with Gasteiger partial charge in [0.05, 0.1) is 11.7 Å². The molecular weight excluding hydrogens is 274 g/mol. The molecule has 5 heteroatoms. The van der Waals surface area contributed by atoms with E-state index in [0.717, 1.165) is 31.0 Å². The summed E-state index contributed by atoms with van der Waals surface area (Å²) >= 11 is 0. The van der Waals surface area contributed by atoms with Crippen molar-refractivity contribution in [2.24, 2.45) is 7.05 Å². The molecule has 5 nitrogen and oxygen atoms in total. The third-order valence-corrected chi connectivity index (χ3v) is 4.52. The summed E-state index contributed by atoms with van der Waals surface area (Å²) in [5, 5.41) is 0. The number of aromatic amines is 1. The summed E-state index contributed by atoms with van der Waals surface area (Å²) < 4.78 is 2.18. The number of likely N-dealkylation sites (tertiary alicyclic amines) is 1. The molecule has 2 aromatic heterocycles. The molecule has 1 saturated heterocycles. The summed E-state index contributed by atoms with van der Waals surface area (Å²) in [5.41, 5.74) is 2.33. The highest BCUT2D eigenvalue weighted by molar-refractivity contribution is 5.09. The zero-order valence-corrected chi connectivity index (χ0v) is 14.0. The number of unbranched alkanes of at least 4 members (excludes halogenated alkanes) is 1. The molecule has 0 saturated carbocycles. The van der Waals surface area contributed by atoms with E-state index < -0.39 is 0 Å². The lowest BCUT2D eigenvalue weighted by Crippen LogP contribution is -2.25. The van der Waals surface area contributed by atoms with Crippen molar-refractivity contribution < 1.29 is 0 Å². The van der Waals surface area contributed by atoms with Crippen LogP contribution in [0.2, 0.25) is 0 Å². The Balaban J connectivity index is 1.68. The predicted octanol–water partition coefficient (Wildman–Crippen LogP) is 3.13. The Kier molecular flexibility index (Phi) is 4.62. The lowest BCUT2D eigenvalue weighted by atomic mass is 10.2.